The summed E-state index contributed by atoms with van der Waals surface area (Å²) < 4.78 is 45.5. The van der Waals surface area contributed by atoms with E-state index in [1.165, 1.54) is 49.4 Å². The number of alkyl halides is 3. The average Bonchev–Trinajstić information content (AvgIpc) is 3.10. The van der Waals surface area contributed by atoms with Crippen LogP contribution in [0.1, 0.15) is 37.7 Å². The Labute approximate surface area is 197 Å². The second kappa shape index (κ2) is 9.87. The standard InChI is InChI=1S/C23H22ClF3N2O3S/c24-18-8-6-13(10-20(18)33-29-14-4-2-1-3-5-14)22-17(12-21(30)31)16-11-15(32-23(25,26)27)7-9-19(16)28-22/h6-11,14,28-29H,1-5,12H2,(H,30,31). The lowest BCUT2D eigenvalue weighted by molar-refractivity contribution is -0.274. The highest BCUT2D eigenvalue weighted by Crippen LogP contribution is 2.37. The first-order valence-electron chi connectivity index (χ1n) is 10.5. The Bertz CT molecular complexity index is 1160. The lowest BCUT2D eigenvalue weighted by Crippen LogP contribution is -2.25. The topological polar surface area (TPSA) is 74.4 Å². The molecule has 0 radical (unpaired) electrons. The molecule has 1 saturated carbocycles. The summed E-state index contributed by atoms with van der Waals surface area (Å²) in [6.07, 6.45) is 0.652. The van der Waals surface area contributed by atoms with E-state index in [4.69, 9.17) is 11.6 Å². The Balaban J connectivity index is 1.69. The number of hydrogen-bond donors (Lipinski definition) is 3. The van der Waals surface area contributed by atoms with Gasteiger partial charge in [0.25, 0.3) is 0 Å². The highest BCUT2D eigenvalue weighted by Gasteiger charge is 2.31. The van der Waals surface area contributed by atoms with Crippen molar-refractivity contribution in [2.24, 2.45) is 0 Å². The van der Waals surface area contributed by atoms with Crippen molar-refractivity contribution >= 4 is 40.4 Å². The molecule has 0 atom stereocenters. The van der Waals surface area contributed by atoms with Crippen LogP contribution in [-0.2, 0) is 11.2 Å². The van der Waals surface area contributed by atoms with E-state index in [1.54, 1.807) is 12.1 Å². The van der Waals surface area contributed by atoms with Crippen LogP contribution in [0.5, 0.6) is 5.75 Å². The van der Waals surface area contributed by atoms with Crippen molar-refractivity contribution in [2.45, 2.75) is 55.8 Å². The number of H-pyrrole nitrogens is 1. The molecular weight excluding hydrogens is 477 g/mol. The van der Waals surface area contributed by atoms with Crippen LogP contribution in [0.15, 0.2) is 41.3 Å². The number of carboxylic acids is 1. The summed E-state index contributed by atoms with van der Waals surface area (Å²) in [7, 11) is 0. The molecule has 1 aliphatic carbocycles. The van der Waals surface area contributed by atoms with Gasteiger partial charge in [-0.1, -0.05) is 36.9 Å². The third-order valence-electron chi connectivity index (χ3n) is 5.60. The van der Waals surface area contributed by atoms with Crippen molar-refractivity contribution in [2.75, 3.05) is 0 Å². The first-order chi connectivity index (χ1) is 15.7. The van der Waals surface area contributed by atoms with E-state index >= 15 is 0 Å². The Morgan fingerprint density at radius 1 is 1.18 bits per heavy atom. The third kappa shape index (κ3) is 5.96. The Hall–Kier alpha value is -2.36. The monoisotopic (exact) mass is 498 g/mol. The van der Waals surface area contributed by atoms with Crippen LogP contribution in [0, 0.1) is 0 Å². The van der Waals surface area contributed by atoms with Crippen LogP contribution in [-0.4, -0.2) is 28.5 Å². The normalized spacial score (nSPS) is 15.2. The minimum absolute atomic E-state index is 0.360. The van der Waals surface area contributed by atoms with Gasteiger partial charge in [0.15, 0.2) is 0 Å². The van der Waals surface area contributed by atoms with Crippen molar-refractivity contribution in [3.8, 4) is 17.0 Å². The Morgan fingerprint density at radius 3 is 2.64 bits per heavy atom. The summed E-state index contributed by atoms with van der Waals surface area (Å²) in [5.41, 5.74) is 2.11. The summed E-state index contributed by atoms with van der Waals surface area (Å²) in [5, 5.41) is 10.4. The number of aromatic nitrogens is 1. The number of carbonyl (C=O) groups is 1. The fraction of sp³-hybridized carbons (Fsp3) is 0.348. The van der Waals surface area contributed by atoms with Gasteiger partial charge in [-0.05, 0) is 66.2 Å². The summed E-state index contributed by atoms with van der Waals surface area (Å²) in [6, 6.07) is 9.60. The second-order valence-electron chi connectivity index (χ2n) is 8.00. The average molecular weight is 499 g/mol. The molecule has 3 N–H and O–H groups in total. The van der Waals surface area contributed by atoms with E-state index in [9.17, 15) is 23.1 Å². The van der Waals surface area contributed by atoms with Crippen LogP contribution in [0.3, 0.4) is 0 Å². The van der Waals surface area contributed by atoms with E-state index in [-0.39, 0.29) is 6.42 Å². The molecule has 1 aliphatic rings. The molecule has 0 unspecified atom stereocenters. The molecule has 10 heteroatoms. The van der Waals surface area contributed by atoms with E-state index in [1.807, 2.05) is 6.07 Å². The van der Waals surface area contributed by atoms with Crippen molar-refractivity contribution < 1.29 is 27.8 Å². The molecule has 4 rings (SSSR count). The second-order valence-corrected chi connectivity index (χ2v) is 9.29. The van der Waals surface area contributed by atoms with E-state index in [0.717, 1.165) is 17.7 Å². The predicted octanol–water partition coefficient (Wildman–Crippen LogP) is 6.94. The third-order valence-corrected chi connectivity index (χ3v) is 7.05. The molecule has 5 nitrogen and oxygen atoms in total. The molecule has 33 heavy (non-hydrogen) atoms. The largest absolute Gasteiger partial charge is 0.573 e. The summed E-state index contributed by atoms with van der Waals surface area (Å²) in [6.45, 7) is 0. The molecule has 176 valence electrons. The van der Waals surface area contributed by atoms with Gasteiger partial charge >= 0.3 is 12.3 Å². The minimum atomic E-state index is -4.84. The molecular formula is C23H22ClF3N2O3S. The van der Waals surface area contributed by atoms with Crippen molar-refractivity contribution in [1.29, 1.82) is 0 Å². The number of benzene rings is 2. The maximum atomic E-state index is 12.7. The number of rotatable bonds is 7. The number of nitrogens with one attached hydrogen (secondary N) is 2. The van der Waals surface area contributed by atoms with Crippen LogP contribution in [0.4, 0.5) is 13.2 Å². The van der Waals surface area contributed by atoms with Gasteiger partial charge in [-0.25, -0.2) is 0 Å². The first-order valence-corrected chi connectivity index (χ1v) is 11.7. The zero-order valence-electron chi connectivity index (χ0n) is 17.5. The lowest BCUT2D eigenvalue weighted by Gasteiger charge is -2.22. The number of hydrogen-bond acceptors (Lipinski definition) is 4. The predicted molar refractivity (Wildman–Crippen MR) is 123 cm³/mol. The van der Waals surface area contributed by atoms with Crippen LogP contribution in [0.25, 0.3) is 22.2 Å². The first kappa shape index (κ1) is 23.8. The minimum Gasteiger partial charge on any atom is -0.481 e. The van der Waals surface area contributed by atoms with Crippen LogP contribution >= 0.6 is 23.5 Å². The van der Waals surface area contributed by atoms with E-state index in [2.05, 4.69) is 14.4 Å². The number of fused-ring (bicyclic) bond motifs is 1. The van der Waals surface area contributed by atoms with Gasteiger partial charge in [0.2, 0.25) is 0 Å². The van der Waals surface area contributed by atoms with Gasteiger partial charge in [-0.15, -0.1) is 13.2 Å². The van der Waals surface area contributed by atoms with E-state index < -0.39 is 18.1 Å². The quantitative estimate of drug-likeness (QED) is 0.307. The van der Waals surface area contributed by atoms with Crippen molar-refractivity contribution in [3.63, 3.8) is 0 Å². The molecule has 0 bridgehead atoms. The molecule has 0 amide bonds. The van der Waals surface area contributed by atoms with Crippen LogP contribution < -0.4 is 9.46 Å². The Morgan fingerprint density at radius 2 is 1.94 bits per heavy atom. The Kier molecular flexibility index (Phi) is 7.11. The number of halogens is 4. The number of ether oxygens (including phenoxy) is 1. The zero-order valence-corrected chi connectivity index (χ0v) is 19.0. The van der Waals surface area contributed by atoms with Gasteiger partial charge in [0.1, 0.15) is 5.75 Å². The SMILES string of the molecule is O=C(O)Cc1c(-c2ccc(Cl)c(SNC3CCCCC3)c2)[nH]c2ccc(OC(F)(F)F)cc12. The van der Waals surface area contributed by atoms with Gasteiger partial charge in [-0.2, -0.15) is 0 Å². The zero-order chi connectivity index (χ0) is 23.6. The smallest absolute Gasteiger partial charge is 0.481 e. The van der Waals surface area contributed by atoms with Gasteiger partial charge < -0.3 is 14.8 Å². The summed E-state index contributed by atoms with van der Waals surface area (Å²) >= 11 is 7.84. The fourth-order valence-electron chi connectivity index (χ4n) is 4.11. The molecule has 0 spiro atoms. The summed E-state index contributed by atoms with van der Waals surface area (Å²) in [4.78, 5) is 15.5. The lowest BCUT2D eigenvalue weighted by atomic mass is 9.96. The number of carboxylic acid groups (broad SMARTS) is 1. The van der Waals surface area contributed by atoms with Gasteiger partial charge in [0.05, 0.1) is 17.1 Å². The number of aliphatic carboxylic acids is 1. The maximum Gasteiger partial charge on any atom is 0.573 e. The molecule has 3 aromatic rings. The number of aromatic amines is 1. The van der Waals surface area contributed by atoms with Crippen LogP contribution in [0.2, 0.25) is 5.02 Å². The molecule has 0 aliphatic heterocycles. The maximum absolute atomic E-state index is 12.7. The van der Waals surface area contributed by atoms with Crippen molar-refractivity contribution in [1.82, 2.24) is 9.71 Å². The molecule has 2 aromatic carbocycles. The highest BCUT2D eigenvalue weighted by molar-refractivity contribution is 7.97. The molecule has 1 heterocycles. The van der Waals surface area contributed by atoms with Crippen molar-refractivity contribution in [3.05, 3.63) is 47.0 Å². The van der Waals surface area contributed by atoms with E-state index in [0.29, 0.717) is 38.8 Å². The van der Waals surface area contributed by atoms with Gasteiger partial charge in [0, 0.05) is 21.8 Å². The highest BCUT2D eigenvalue weighted by atomic mass is 35.5. The molecule has 0 saturated heterocycles. The molecule has 1 fully saturated rings. The van der Waals surface area contributed by atoms with Gasteiger partial charge in [-0.3, -0.25) is 9.52 Å². The summed E-state index contributed by atoms with van der Waals surface area (Å²) in [5.74, 6) is -1.50. The fourth-order valence-corrected chi connectivity index (χ4v) is 5.22. The molecule has 1 aromatic heterocycles.